The predicted octanol–water partition coefficient (Wildman–Crippen LogP) is -2.63. The standard InChI is InChI=1S/C6H20N2O12P4.Ca.Na/c9-21(10,11)3-7(4-22(12,13)14)1-2-8(5-23(15,16)17)6-24(18,19)20;;/h1-6H2,(H2,9,10,11)(H2,12,13,14)(H2,15,16,17)(H2,18,19,20);;. The van der Waals surface area contributed by atoms with Crippen molar-refractivity contribution in [3.63, 3.8) is 0 Å². The van der Waals surface area contributed by atoms with E-state index in [2.05, 4.69) is 0 Å². The smallest absolute Gasteiger partial charge is 0.324 e. The second kappa shape index (κ2) is 13.2. The molecule has 3 radical (unpaired) electrons. The molecule has 0 heterocycles. The van der Waals surface area contributed by atoms with E-state index in [0.29, 0.717) is 9.80 Å². The Labute approximate surface area is 201 Å². The third-order valence-corrected chi connectivity index (χ3v) is 5.34. The van der Waals surface area contributed by atoms with Crippen molar-refractivity contribution in [3.8, 4) is 0 Å². The van der Waals surface area contributed by atoms with Gasteiger partial charge in [0.05, 0.1) is 0 Å². The van der Waals surface area contributed by atoms with Crippen molar-refractivity contribution in [2.75, 3.05) is 38.2 Å². The fraction of sp³-hybridized carbons (Fsp3) is 1.00. The Balaban J connectivity index is -0.00000264. The van der Waals surface area contributed by atoms with Gasteiger partial charge in [-0.2, -0.15) is 0 Å². The van der Waals surface area contributed by atoms with Crippen LogP contribution in [0.15, 0.2) is 0 Å². The summed E-state index contributed by atoms with van der Waals surface area (Å²) in [5.41, 5.74) is 0. The maximum atomic E-state index is 11.0. The monoisotopic (exact) mass is 499 g/mol. The first-order valence-corrected chi connectivity index (χ1v) is 13.2. The van der Waals surface area contributed by atoms with Gasteiger partial charge >= 0.3 is 30.4 Å². The first-order valence-electron chi connectivity index (χ1n) is 5.99. The summed E-state index contributed by atoms with van der Waals surface area (Å²) in [6.45, 7) is -1.01. The second-order valence-electron chi connectivity index (χ2n) is 5.01. The predicted molar refractivity (Wildman–Crippen MR) is 92.6 cm³/mol. The van der Waals surface area contributed by atoms with Gasteiger partial charge in [0.1, 0.15) is 25.1 Å². The number of rotatable bonds is 11. The summed E-state index contributed by atoms with van der Waals surface area (Å²) in [7, 11) is -18.8. The molecule has 0 unspecified atom stereocenters. The molecule has 26 heavy (non-hydrogen) atoms. The van der Waals surface area contributed by atoms with Crippen LogP contribution in [0.2, 0.25) is 0 Å². The summed E-state index contributed by atoms with van der Waals surface area (Å²) in [4.78, 5) is 72.3. The summed E-state index contributed by atoms with van der Waals surface area (Å²) in [5.74, 6) is 0. The fourth-order valence-corrected chi connectivity index (χ4v) is 5.06. The zero-order chi connectivity index (χ0) is 19.4. The van der Waals surface area contributed by atoms with Gasteiger partial charge in [0.25, 0.3) is 0 Å². The molecule has 0 bridgehead atoms. The fourth-order valence-electron chi connectivity index (χ4n) is 1.70. The maximum Gasteiger partial charge on any atom is 0.339 e. The Hall–Kier alpha value is 2.78. The quantitative estimate of drug-likeness (QED) is 0.107. The van der Waals surface area contributed by atoms with Gasteiger partial charge < -0.3 is 39.1 Å². The normalized spacial score (nSPS) is 13.5. The molecule has 0 fully saturated rings. The third-order valence-electron chi connectivity index (χ3n) is 2.27. The van der Waals surface area contributed by atoms with Crippen molar-refractivity contribution in [2.45, 2.75) is 0 Å². The summed E-state index contributed by atoms with van der Waals surface area (Å²) in [5, 5.41) is 0. The molecule has 8 N–H and O–H groups in total. The average Bonchev–Trinajstić information content (AvgIpc) is 2.16. The SMILES string of the molecule is O=P(O)(O)CN(CCN(CP(=O)(O)O)CP(=O)(O)O)CP(=O)(O)O.[Ca].[Na]. The van der Waals surface area contributed by atoms with Crippen LogP contribution in [-0.4, -0.2) is 154 Å². The van der Waals surface area contributed by atoms with E-state index in [1.54, 1.807) is 0 Å². The van der Waals surface area contributed by atoms with E-state index in [4.69, 9.17) is 39.1 Å². The topological polar surface area (TPSA) is 237 Å². The molecule has 20 heteroatoms. The van der Waals surface area contributed by atoms with Crippen molar-refractivity contribution >= 4 is 97.7 Å². The van der Waals surface area contributed by atoms with Crippen molar-refractivity contribution in [1.29, 1.82) is 0 Å². The molecule has 149 valence electrons. The molecule has 0 aromatic rings. The first-order chi connectivity index (χ1) is 10.4. The van der Waals surface area contributed by atoms with Crippen LogP contribution in [0, 0.1) is 0 Å². The molecule has 0 spiro atoms. The number of hydrogen-bond acceptors (Lipinski definition) is 6. The van der Waals surface area contributed by atoms with Gasteiger partial charge in [0, 0.05) is 80.4 Å². The van der Waals surface area contributed by atoms with Gasteiger partial charge in [-0.3, -0.25) is 28.1 Å². The molecule has 0 aliphatic carbocycles. The van der Waals surface area contributed by atoms with E-state index in [9.17, 15) is 18.3 Å². The number of nitrogens with zero attached hydrogens (tertiary/aromatic N) is 2. The first kappa shape index (κ1) is 33.4. The second-order valence-corrected chi connectivity index (χ2v) is 11.5. The van der Waals surface area contributed by atoms with Crippen LogP contribution in [0.1, 0.15) is 0 Å². The van der Waals surface area contributed by atoms with Crippen LogP contribution < -0.4 is 0 Å². The molecular formula is C6H20CaN2NaO12P4. The average molecular weight is 499 g/mol. The van der Waals surface area contributed by atoms with E-state index < -0.39 is 68.6 Å². The van der Waals surface area contributed by atoms with Crippen molar-refractivity contribution < 1.29 is 57.4 Å². The Morgan fingerprint density at radius 3 is 0.769 bits per heavy atom. The molecule has 0 saturated heterocycles. The van der Waals surface area contributed by atoms with E-state index in [1.165, 1.54) is 0 Å². The molecule has 0 aliphatic heterocycles. The Morgan fingerprint density at radius 1 is 0.500 bits per heavy atom. The van der Waals surface area contributed by atoms with Crippen LogP contribution in [0.5, 0.6) is 0 Å². The van der Waals surface area contributed by atoms with E-state index in [-0.39, 0.29) is 67.3 Å². The van der Waals surface area contributed by atoms with Crippen LogP contribution in [0.3, 0.4) is 0 Å². The van der Waals surface area contributed by atoms with Crippen LogP contribution in [0.4, 0.5) is 0 Å². The van der Waals surface area contributed by atoms with E-state index >= 15 is 0 Å². The summed E-state index contributed by atoms with van der Waals surface area (Å²) in [6, 6.07) is 0. The largest absolute Gasteiger partial charge is 0.339 e. The summed E-state index contributed by atoms with van der Waals surface area (Å²) >= 11 is 0. The van der Waals surface area contributed by atoms with Gasteiger partial charge in [-0.05, 0) is 0 Å². The van der Waals surface area contributed by atoms with Gasteiger partial charge in [-0.25, -0.2) is 0 Å². The van der Waals surface area contributed by atoms with Crippen LogP contribution >= 0.6 is 30.4 Å². The zero-order valence-electron chi connectivity index (χ0n) is 13.8. The molecule has 0 amide bonds. The molecule has 0 aliphatic rings. The van der Waals surface area contributed by atoms with E-state index in [0.717, 1.165) is 0 Å². The maximum absolute atomic E-state index is 11.0. The summed E-state index contributed by atoms with van der Waals surface area (Å²) in [6.07, 6.45) is -4.18. The van der Waals surface area contributed by atoms with Crippen LogP contribution in [0.25, 0.3) is 0 Å². The van der Waals surface area contributed by atoms with E-state index in [1.807, 2.05) is 0 Å². The minimum Gasteiger partial charge on any atom is -0.324 e. The zero-order valence-corrected chi connectivity index (χ0v) is 21.6. The van der Waals surface area contributed by atoms with Gasteiger partial charge in [-0.15, -0.1) is 0 Å². The molecule has 0 aromatic heterocycles. The molecular weight excluding hydrogens is 479 g/mol. The van der Waals surface area contributed by atoms with Gasteiger partial charge in [0.15, 0.2) is 0 Å². The molecule has 0 atom stereocenters. The molecule has 0 aromatic carbocycles. The Morgan fingerprint density at radius 2 is 0.654 bits per heavy atom. The van der Waals surface area contributed by atoms with Crippen LogP contribution in [-0.2, 0) is 18.3 Å². The van der Waals surface area contributed by atoms with Crippen molar-refractivity contribution in [2.24, 2.45) is 0 Å². The minimum absolute atomic E-state index is 0. The molecule has 14 nitrogen and oxygen atoms in total. The van der Waals surface area contributed by atoms with Crippen molar-refractivity contribution in [3.05, 3.63) is 0 Å². The Bertz CT molecular complexity index is 499. The van der Waals surface area contributed by atoms with Gasteiger partial charge in [0.2, 0.25) is 0 Å². The molecule has 0 saturated carbocycles. The Kier molecular flexibility index (Phi) is 17.0. The molecule has 0 rings (SSSR count). The van der Waals surface area contributed by atoms with Gasteiger partial charge in [-0.1, -0.05) is 0 Å². The number of hydrogen-bond donors (Lipinski definition) is 8. The summed E-state index contributed by atoms with van der Waals surface area (Å²) < 4.78 is 43.9. The minimum atomic E-state index is -4.69. The van der Waals surface area contributed by atoms with Crippen molar-refractivity contribution in [1.82, 2.24) is 9.80 Å². The third kappa shape index (κ3) is 23.1.